The van der Waals surface area contributed by atoms with Gasteiger partial charge in [-0.15, -0.1) is 0 Å². The van der Waals surface area contributed by atoms with Gasteiger partial charge in [0, 0.05) is 11.3 Å². The summed E-state index contributed by atoms with van der Waals surface area (Å²) in [5, 5.41) is 4.84. The molecule has 1 aromatic carbocycles. The van der Waals surface area contributed by atoms with Crippen LogP contribution in [0.5, 0.6) is 0 Å². The van der Waals surface area contributed by atoms with Gasteiger partial charge in [0.1, 0.15) is 28.6 Å². The highest BCUT2D eigenvalue weighted by molar-refractivity contribution is 7.89. The van der Waals surface area contributed by atoms with E-state index >= 15 is 0 Å². The molecular weight excluding hydrogens is 356 g/mol. The molecule has 25 heavy (non-hydrogen) atoms. The van der Waals surface area contributed by atoms with Crippen LogP contribution in [0.1, 0.15) is 5.69 Å². The van der Waals surface area contributed by atoms with E-state index in [0.717, 1.165) is 10.8 Å². The van der Waals surface area contributed by atoms with Gasteiger partial charge in [-0.25, -0.2) is 36.7 Å². The molecule has 130 valence electrons. The van der Waals surface area contributed by atoms with Crippen LogP contribution in [0.2, 0.25) is 0 Å². The lowest BCUT2D eigenvalue weighted by Gasteiger charge is -2.09. The van der Waals surface area contributed by atoms with Crippen molar-refractivity contribution in [1.82, 2.24) is 9.55 Å². The molecule has 2 heterocycles. The summed E-state index contributed by atoms with van der Waals surface area (Å²) >= 11 is 0. The Balaban J connectivity index is 2.26. The van der Waals surface area contributed by atoms with Gasteiger partial charge in [-0.1, -0.05) is 6.07 Å². The van der Waals surface area contributed by atoms with Crippen LogP contribution in [0, 0.1) is 18.6 Å². The number of benzene rings is 1. The summed E-state index contributed by atoms with van der Waals surface area (Å²) in [5.41, 5.74) is 0.0901. The van der Waals surface area contributed by atoms with Crippen molar-refractivity contribution in [3.8, 4) is 17.1 Å². The van der Waals surface area contributed by atoms with Crippen LogP contribution in [-0.4, -0.2) is 18.0 Å². The maximum Gasteiger partial charge on any atom is 0.425 e. The molecule has 0 radical (unpaired) electrons. The van der Waals surface area contributed by atoms with Crippen molar-refractivity contribution in [3.05, 3.63) is 64.5 Å². The van der Waals surface area contributed by atoms with Crippen molar-refractivity contribution in [2.45, 2.75) is 11.8 Å². The highest BCUT2D eigenvalue weighted by Crippen LogP contribution is 2.28. The smallest absolute Gasteiger partial charge is 0.415 e. The van der Waals surface area contributed by atoms with Gasteiger partial charge in [-0.3, -0.25) is 0 Å². The average Bonchev–Trinajstić information content (AvgIpc) is 2.89. The van der Waals surface area contributed by atoms with Gasteiger partial charge < -0.3 is 4.42 Å². The minimum atomic E-state index is -4.44. The Morgan fingerprint density at radius 2 is 1.92 bits per heavy atom. The third-order valence-electron chi connectivity index (χ3n) is 3.40. The number of hydrogen-bond donors (Lipinski definition) is 1. The van der Waals surface area contributed by atoms with Crippen molar-refractivity contribution in [2.75, 3.05) is 0 Å². The summed E-state index contributed by atoms with van der Waals surface area (Å²) in [6, 6.07) is 5.88. The van der Waals surface area contributed by atoms with Crippen molar-refractivity contribution in [3.63, 3.8) is 0 Å². The number of rotatable bonds is 3. The minimum absolute atomic E-state index is 0.125. The van der Waals surface area contributed by atoms with E-state index in [1.807, 2.05) is 0 Å². The summed E-state index contributed by atoms with van der Waals surface area (Å²) in [6.07, 6.45) is 0.931. The molecule has 7 nitrogen and oxygen atoms in total. The van der Waals surface area contributed by atoms with E-state index in [1.54, 1.807) is 19.1 Å². The van der Waals surface area contributed by atoms with Crippen LogP contribution in [0.3, 0.4) is 0 Å². The SMILES string of the molecule is Cc1cccc(-n2c(-c3cc(F)c(S(N)(=O)=O)cc3F)coc2=O)n1. The second kappa shape index (κ2) is 5.90. The van der Waals surface area contributed by atoms with Crippen LogP contribution < -0.4 is 10.9 Å². The third-order valence-corrected chi connectivity index (χ3v) is 4.33. The lowest BCUT2D eigenvalue weighted by molar-refractivity contribution is 0.503. The van der Waals surface area contributed by atoms with Gasteiger partial charge in [0.25, 0.3) is 0 Å². The lowest BCUT2D eigenvalue weighted by atomic mass is 10.1. The molecule has 0 saturated carbocycles. The largest absolute Gasteiger partial charge is 0.425 e. The zero-order chi connectivity index (χ0) is 18.4. The fraction of sp³-hybridized carbons (Fsp3) is 0.0667. The topological polar surface area (TPSA) is 108 Å². The number of nitrogens with two attached hydrogens (primary N) is 1. The Bertz CT molecular complexity index is 1140. The average molecular weight is 367 g/mol. The number of aryl methyl sites for hydroxylation is 1. The molecule has 2 N–H and O–H groups in total. The number of nitrogens with zero attached hydrogens (tertiary/aromatic N) is 2. The normalized spacial score (nSPS) is 11.7. The molecule has 0 aliphatic rings. The molecule has 10 heteroatoms. The molecule has 2 aromatic heterocycles. The number of primary sulfonamides is 1. The first-order valence-electron chi connectivity index (χ1n) is 6.85. The predicted molar refractivity (Wildman–Crippen MR) is 83.6 cm³/mol. The fourth-order valence-electron chi connectivity index (χ4n) is 2.31. The van der Waals surface area contributed by atoms with Crippen LogP contribution in [0.15, 0.2) is 50.7 Å². The van der Waals surface area contributed by atoms with Gasteiger partial charge in [-0.2, -0.15) is 0 Å². The fourth-order valence-corrected chi connectivity index (χ4v) is 2.91. The molecule has 0 unspecified atom stereocenters. The Hall–Kier alpha value is -2.85. The van der Waals surface area contributed by atoms with Crippen molar-refractivity contribution in [2.24, 2.45) is 5.14 Å². The van der Waals surface area contributed by atoms with Crippen LogP contribution >= 0.6 is 0 Å². The molecule has 0 amide bonds. The van der Waals surface area contributed by atoms with E-state index in [2.05, 4.69) is 4.98 Å². The summed E-state index contributed by atoms with van der Waals surface area (Å²) in [6.45, 7) is 1.69. The van der Waals surface area contributed by atoms with Crippen molar-refractivity contribution in [1.29, 1.82) is 0 Å². The first kappa shape index (κ1) is 17.0. The maximum absolute atomic E-state index is 14.4. The molecule has 0 saturated heterocycles. The quantitative estimate of drug-likeness (QED) is 0.758. The highest BCUT2D eigenvalue weighted by Gasteiger charge is 2.22. The van der Waals surface area contributed by atoms with Crippen LogP contribution in [0.25, 0.3) is 17.1 Å². The van der Waals surface area contributed by atoms with Gasteiger partial charge >= 0.3 is 5.76 Å². The van der Waals surface area contributed by atoms with Crippen LogP contribution in [0.4, 0.5) is 8.78 Å². The zero-order valence-corrected chi connectivity index (χ0v) is 13.5. The van der Waals surface area contributed by atoms with Crippen molar-refractivity contribution >= 4 is 10.0 Å². The number of oxazole rings is 1. The minimum Gasteiger partial charge on any atom is -0.415 e. The molecule has 3 aromatic rings. The molecule has 0 spiro atoms. The van der Waals surface area contributed by atoms with E-state index in [0.29, 0.717) is 17.8 Å². The van der Waals surface area contributed by atoms with E-state index < -0.39 is 32.3 Å². The van der Waals surface area contributed by atoms with E-state index in [4.69, 9.17) is 9.56 Å². The van der Waals surface area contributed by atoms with Gasteiger partial charge in [0.15, 0.2) is 0 Å². The molecule has 3 rings (SSSR count). The summed E-state index contributed by atoms with van der Waals surface area (Å²) < 4.78 is 56.7. The second-order valence-electron chi connectivity index (χ2n) is 5.17. The monoisotopic (exact) mass is 367 g/mol. The summed E-state index contributed by atoms with van der Waals surface area (Å²) in [4.78, 5) is 15.1. The predicted octanol–water partition coefficient (Wildman–Crippen LogP) is 1.73. The molecule has 0 aliphatic heterocycles. The number of pyridine rings is 1. The van der Waals surface area contributed by atoms with Gasteiger partial charge in [0.05, 0.1) is 5.69 Å². The van der Waals surface area contributed by atoms with E-state index in [-0.39, 0.29) is 17.1 Å². The van der Waals surface area contributed by atoms with E-state index in [1.165, 1.54) is 6.07 Å². The van der Waals surface area contributed by atoms with Gasteiger partial charge in [-0.05, 0) is 31.2 Å². The molecule has 0 atom stereocenters. The first-order valence-corrected chi connectivity index (χ1v) is 8.40. The Morgan fingerprint density at radius 3 is 2.56 bits per heavy atom. The summed E-state index contributed by atoms with van der Waals surface area (Å²) in [7, 11) is -4.44. The molecular formula is C15H11F2N3O4S. The Morgan fingerprint density at radius 1 is 1.20 bits per heavy atom. The summed E-state index contributed by atoms with van der Waals surface area (Å²) in [5.74, 6) is -3.06. The molecule has 0 fully saturated rings. The number of sulfonamides is 1. The lowest BCUT2D eigenvalue weighted by Crippen LogP contribution is -2.16. The molecule has 0 aliphatic carbocycles. The van der Waals surface area contributed by atoms with Crippen LogP contribution in [-0.2, 0) is 10.0 Å². The number of halogens is 2. The Kier molecular flexibility index (Phi) is 4.01. The Labute approximate surface area is 140 Å². The van der Waals surface area contributed by atoms with E-state index in [9.17, 15) is 22.0 Å². The standard InChI is InChI=1S/C15H11F2N3O4S/c1-8-3-2-4-14(19-8)20-12(7-24-15(20)21)9-5-11(17)13(6-10(9)16)25(18,22)23/h2-7H,1H3,(H2,18,22,23). The number of aromatic nitrogens is 2. The highest BCUT2D eigenvalue weighted by atomic mass is 32.2. The number of hydrogen-bond acceptors (Lipinski definition) is 5. The van der Waals surface area contributed by atoms with Crippen molar-refractivity contribution < 1.29 is 21.6 Å². The second-order valence-corrected chi connectivity index (χ2v) is 6.70. The molecule has 0 bridgehead atoms. The first-order chi connectivity index (χ1) is 11.7. The maximum atomic E-state index is 14.4. The van der Waals surface area contributed by atoms with Gasteiger partial charge in [0.2, 0.25) is 10.0 Å². The zero-order valence-electron chi connectivity index (χ0n) is 12.7. The third kappa shape index (κ3) is 3.08.